The van der Waals surface area contributed by atoms with Gasteiger partial charge in [0.2, 0.25) is 0 Å². The van der Waals surface area contributed by atoms with Crippen molar-refractivity contribution in [3.05, 3.63) is 62.3 Å². The third-order valence-corrected chi connectivity index (χ3v) is 3.95. The summed E-state index contributed by atoms with van der Waals surface area (Å²) in [7, 11) is 3.27. The van der Waals surface area contributed by atoms with Gasteiger partial charge >= 0.3 is 0 Å². The highest BCUT2D eigenvalue weighted by Crippen LogP contribution is 2.32. The Kier molecular flexibility index (Phi) is 5.18. The summed E-state index contributed by atoms with van der Waals surface area (Å²) < 4.78 is 21.3. The van der Waals surface area contributed by atoms with E-state index in [9.17, 15) is 4.39 Å². The fraction of sp³-hybridized carbons (Fsp3) is 0.200. The molecule has 2 rings (SSSR count). The number of hydrogen-bond acceptors (Lipinski definition) is 2. The first-order valence-corrected chi connectivity index (χ1v) is 7.61. The minimum absolute atomic E-state index is 0.247. The van der Waals surface area contributed by atoms with Crippen molar-refractivity contribution < 1.29 is 9.13 Å². The lowest BCUT2D eigenvalue weighted by atomic mass is 9.98. The molecule has 1 atom stereocenters. The summed E-state index contributed by atoms with van der Waals surface area (Å²) in [5, 5.41) is 3.14. The van der Waals surface area contributed by atoms with Crippen molar-refractivity contribution in [2.75, 3.05) is 14.2 Å². The molecular weight excluding hydrogens is 389 g/mol. The quantitative estimate of drug-likeness (QED) is 0.802. The first kappa shape index (κ1) is 15.5. The second-order valence-corrected chi connectivity index (χ2v) is 6.12. The van der Waals surface area contributed by atoms with E-state index in [2.05, 4.69) is 37.2 Å². The molecule has 0 saturated heterocycles. The van der Waals surface area contributed by atoms with E-state index in [1.54, 1.807) is 25.2 Å². The zero-order chi connectivity index (χ0) is 14.7. The third kappa shape index (κ3) is 3.22. The number of halogens is 3. The maximum absolute atomic E-state index is 14.4. The van der Waals surface area contributed by atoms with Crippen LogP contribution in [0.3, 0.4) is 0 Å². The maximum Gasteiger partial charge on any atom is 0.170 e. The topological polar surface area (TPSA) is 21.3 Å². The van der Waals surface area contributed by atoms with E-state index in [1.165, 1.54) is 7.11 Å². The van der Waals surface area contributed by atoms with Crippen LogP contribution >= 0.6 is 31.9 Å². The fourth-order valence-corrected chi connectivity index (χ4v) is 3.48. The van der Waals surface area contributed by atoms with E-state index in [4.69, 9.17) is 4.74 Å². The Balaban J connectivity index is 2.52. The Morgan fingerprint density at radius 3 is 2.35 bits per heavy atom. The molecule has 0 aliphatic carbocycles. The molecule has 1 unspecified atom stereocenters. The van der Waals surface area contributed by atoms with Crippen LogP contribution in [-0.4, -0.2) is 14.2 Å². The predicted molar refractivity (Wildman–Crippen MR) is 85.7 cm³/mol. The average molecular weight is 403 g/mol. The molecule has 0 heterocycles. The average Bonchev–Trinajstić information content (AvgIpc) is 2.40. The van der Waals surface area contributed by atoms with Gasteiger partial charge in [-0.05, 0) is 36.9 Å². The van der Waals surface area contributed by atoms with Gasteiger partial charge in [-0.3, -0.25) is 0 Å². The molecule has 2 aromatic rings. The molecule has 2 nitrogen and oxygen atoms in total. The predicted octanol–water partition coefficient (Wildman–Crippen LogP) is 4.67. The van der Waals surface area contributed by atoms with Gasteiger partial charge in [-0.2, -0.15) is 0 Å². The number of methoxy groups -OCH3 is 1. The monoisotopic (exact) mass is 401 g/mol. The minimum atomic E-state index is -0.342. The van der Waals surface area contributed by atoms with Crippen LogP contribution in [0.5, 0.6) is 5.75 Å². The molecule has 106 valence electrons. The first-order valence-electron chi connectivity index (χ1n) is 6.02. The largest absolute Gasteiger partial charge is 0.494 e. The standard InChI is InChI=1S/C15H14Br2FNO/c1-19-15(9-6-10(16)8-11(17)7-9)12-4-3-5-13(20-2)14(12)18/h3-8,15,19H,1-2H3. The Morgan fingerprint density at radius 1 is 1.15 bits per heavy atom. The van der Waals surface area contributed by atoms with Crippen molar-refractivity contribution in [1.82, 2.24) is 5.32 Å². The van der Waals surface area contributed by atoms with E-state index >= 15 is 0 Å². The molecule has 0 aliphatic rings. The number of rotatable bonds is 4. The Hall–Kier alpha value is -0.910. The highest BCUT2D eigenvalue weighted by Gasteiger charge is 2.19. The van der Waals surface area contributed by atoms with Gasteiger partial charge in [0.1, 0.15) is 0 Å². The second kappa shape index (κ2) is 6.70. The lowest BCUT2D eigenvalue weighted by Gasteiger charge is -2.19. The zero-order valence-electron chi connectivity index (χ0n) is 11.1. The SMILES string of the molecule is CNC(c1cc(Br)cc(Br)c1)c1cccc(OC)c1F. The van der Waals surface area contributed by atoms with Crippen LogP contribution in [0, 0.1) is 5.82 Å². The van der Waals surface area contributed by atoms with Crippen LogP contribution in [0.2, 0.25) is 0 Å². The summed E-state index contributed by atoms with van der Waals surface area (Å²) in [6.45, 7) is 0. The lowest BCUT2D eigenvalue weighted by molar-refractivity contribution is 0.382. The van der Waals surface area contributed by atoms with Crippen LogP contribution in [0.25, 0.3) is 0 Å². The molecule has 0 amide bonds. The van der Waals surface area contributed by atoms with Crippen molar-refractivity contribution >= 4 is 31.9 Å². The van der Waals surface area contributed by atoms with Crippen molar-refractivity contribution in [2.24, 2.45) is 0 Å². The van der Waals surface area contributed by atoms with Gasteiger partial charge in [0.05, 0.1) is 13.2 Å². The second-order valence-electron chi connectivity index (χ2n) is 4.29. The van der Waals surface area contributed by atoms with Crippen LogP contribution in [0.4, 0.5) is 4.39 Å². The van der Waals surface area contributed by atoms with Crippen LogP contribution in [0.1, 0.15) is 17.2 Å². The number of nitrogens with one attached hydrogen (secondary N) is 1. The summed E-state index contributed by atoms with van der Waals surface area (Å²) in [6.07, 6.45) is 0. The Labute approximate surface area is 134 Å². The highest BCUT2D eigenvalue weighted by molar-refractivity contribution is 9.11. The molecule has 0 aromatic heterocycles. The summed E-state index contributed by atoms with van der Waals surface area (Å²) in [4.78, 5) is 0. The number of hydrogen-bond donors (Lipinski definition) is 1. The molecule has 2 aromatic carbocycles. The Morgan fingerprint density at radius 2 is 1.80 bits per heavy atom. The van der Waals surface area contributed by atoms with Gasteiger partial charge in [-0.1, -0.05) is 44.0 Å². The van der Waals surface area contributed by atoms with Crippen molar-refractivity contribution in [1.29, 1.82) is 0 Å². The lowest BCUT2D eigenvalue weighted by Crippen LogP contribution is -2.19. The zero-order valence-corrected chi connectivity index (χ0v) is 14.3. The summed E-state index contributed by atoms with van der Waals surface area (Å²) in [5.74, 6) is -0.0951. The minimum Gasteiger partial charge on any atom is -0.494 e. The molecule has 0 saturated carbocycles. The smallest absolute Gasteiger partial charge is 0.170 e. The first-order chi connectivity index (χ1) is 9.56. The van der Waals surface area contributed by atoms with Crippen molar-refractivity contribution in [3.63, 3.8) is 0 Å². The normalized spacial score (nSPS) is 12.2. The highest BCUT2D eigenvalue weighted by atomic mass is 79.9. The molecule has 20 heavy (non-hydrogen) atoms. The number of ether oxygens (including phenoxy) is 1. The van der Waals surface area contributed by atoms with Gasteiger partial charge in [-0.25, -0.2) is 4.39 Å². The third-order valence-electron chi connectivity index (χ3n) is 3.03. The van der Waals surface area contributed by atoms with Gasteiger partial charge < -0.3 is 10.1 Å². The van der Waals surface area contributed by atoms with Gasteiger partial charge in [-0.15, -0.1) is 0 Å². The molecule has 5 heteroatoms. The van der Waals surface area contributed by atoms with Crippen LogP contribution in [-0.2, 0) is 0 Å². The van der Waals surface area contributed by atoms with Gasteiger partial charge in [0, 0.05) is 14.5 Å². The van der Waals surface area contributed by atoms with E-state index in [-0.39, 0.29) is 17.6 Å². The summed E-state index contributed by atoms with van der Waals surface area (Å²) >= 11 is 6.91. The maximum atomic E-state index is 14.4. The molecule has 1 N–H and O–H groups in total. The van der Waals surface area contributed by atoms with E-state index < -0.39 is 0 Å². The Bertz CT molecular complexity index is 599. The summed E-state index contributed by atoms with van der Waals surface area (Å²) in [5.41, 5.74) is 1.51. The molecular formula is C15H14Br2FNO. The van der Waals surface area contributed by atoms with Gasteiger partial charge in [0.15, 0.2) is 11.6 Å². The molecule has 0 fully saturated rings. The molecule has 0 spiro atoms. The van der Waals surface area contributed by atoms with Crippen LogP contribution < -0.4 is 10.1 Å². The summed E-state index contributed by atoms with van der Waals surface area (Å²) in [6, 6.07) is 10.8. The van der Waals surface area contributed by atoms with E-state index in [0.29, 0.717) is 5.56 Å². The van der Waals surface area contributed by atoms with Crippen LogP contribution in [0.15, 0.2) is 45.3 Å². The van der Waals surface area contributed by atoms with Crippen molar-refractivity contribution in [2.45, 2.75) is 6.04 Å². The fourth-order valence-electron chi connectivity index (χ4n) is 2.15. The molecule has 0 bridgehead atoms. The van der Waals surface area contributed by atoms with E-state index in [0.717, 1.165) is 14.5 Å². The molecule has 0 radical (unpaired) electrons. The van der Waals surface area contributed by atoms with Gasteiger partial charge in [0.25, 0.3) is 0 Å². The molecule has 0 aliphatic heterocycles. The number of benzene rings is 2. The van der Waals surface area contributed by atoms with E-state index in [1.807, 2.05) is 18.2 Å². The van der Waals surface area contributed by atoms with Crippen molar-refractivity contribution in [3.8, 4) is 5.75 Å².